The Labute approximate surface area is 200 Å². The maximum Gasteiger partial charge on any atom is 0.255 e. The van der Waals surface area contributed by atoms with Crippen LogP contribution < -0.4 is 10.6 Å². The number of nitrogens with zero attached hydrogens (tertiary/aromatic N) is 3. The minimum absolute atomic E-state index is 0.162. The topological polar surface area (TPSA) is 88.9 Å². The van der Waals surface area contributed by atoms with Gasteiger partial charge in [0.2, 0.25) is 5.91 Å². The lowest BCUT2D eigenvalue weighted by Crippen LogP contribution is -2.14. The second kappa shape index (κ2) is 10.3. The molecule has 3 aromatic carbocycles. The molecule has 0 aliphatic rings. The molecule has 0 spiro atoms. The lowest BCUT2D eigenvalue weighted by atomic mass is 10.1. The van der Waals surface area contributed by atoms with Crippen LogP contribution in [0.4, 0.5) is 11.4 Å². The van der Waals surface area contributed by atoms with Gasteiger partial charge in [0.15, 0.2) is 11.0 Å². The zero-order chi connectivity index (χ0) is 23.2. The Morgan fingerprint density at radius 2 is 1.67 bits per heavy atom. The molecule has 0 fully saturated rings. The first-order valence-electron chi connectivity index (χ1n) is 10.0. The zero-order valence-corrected chi connectivity index (χ0v) is 19.2. The monoisotopic (exact) mass is 477 g/mol. The maximum atomic E-state index is 12.3. The average molecular weight is 478 g/mol. The molecule has 0 unspecified atom stereocenters. The quantitative estimate of drug-likeness (QED) is 0.361. The van der Waals surface area contributed by atoms with Gasteiger partial charge in [-0.15, -0.1) is 10.2 Å². The van der Waals surface area contributed by atoms with E-state index in [9.17, 15) is 9.59 Å². The lowest BCUT2D eigenvalue weighted by molar-refractivity contribution is -0.113. The molecule has 0 aliphatic heterocycles. The fourth-order valence-corrected chi connectivity index (χ4v) is 3.98. The van der Waals surface area contributed by atoms with Crippen molar-refractivity contribution < 1.29 is 9.59 Å². The molecule has 0 saturated carbocycles. The lowest BCUT2D eigenvalue weighted by Gasteiger charge is -2.07. The molecule has 166 valence electrons. The first-order valence-corrected chi connectivity index (χ1v) is 11.4. The van der Waals surface area contributed by atoms with Gasteiger partial charge in [0.1, 0.15) is 0 Å². The molecule has 4 rings (SSSR count). The Kier molecular flexibility index (Phi) is 7.07. The van der Waals surface area contributed by atoms with E-state index in [1.807, 2.05) is 54.1 Å². The van der Waals surface area contributed by atoms with Gasteiger partial charge in [-0.25, -0.2) is 0 Å². The van der Waals surface area contributed by atoms with Crippen LogP contribution >= 0.6 is 23.4 Å². The van der Waals surface area contributed by atoms with Crippen LogP contribution in [-0.4, -0.2) is 32.3 Å². The van der Waals surface area contributed by atoms with Gasteiger partial charge in [0.05, 0.1) is 5.75 Å². The van der Waals surface area contributed by atoms with Crippen LogP contribution in [0, 0.1) is 0 Å². The van der Waals surface area contributed by atoms with Gasteiger partial charge in [-0.05, 0) is 54.6 Å². The van der Waals surface area contributed by atoms with E-state index in [1.54, 1.807) is 36.4 Å². The van der Waals surface area contributed by atoms with E-state index in [4.69, 9.17) is 11.6 Å². The SMILES string of the molecule is Cn1c(SCC(=O)Nc2cccc(Cl)c2)nnc1-c1ccc(NC(=O)c2ccccc2)cc1. The summed E-state index contributed by atoms with van der Waals surface area (Å²) in [5.41, 5.74) is 2.77. The van der Waals surface area contributed by atoms with Crippen molar-refractivity contribution in [3.63, 3.8) is 0 Å². The van der Waals surface area contributed by atoms with Gasteiger partial charge in [0.25, 0.3) is 5.91 Å². The van der Waals surface area contributed by atoms with Gasteiger partial charge in [-0.3, -0.25) is 9.59 Å². The van der Waals surface area contributed by atoms with Gasteiger partial charge in [0, 0.05) is 34.6 Å². The van der Waals surface area contributed by atoms with Crippen LogP contribution in [0.15, 0.2) is 84.0 Å². The number of halogens is 1. The highest BCUT2D eigenvalue weighted by molar-refractivity contribution is 7.99. The second-order valence-corrected chi connectivity index (χ2v) is 8.49. The highest BCUT2D eigenvalue weighted by Gasteiger charge is 2.14. The van der Waals surface area contributed by atoms with E-state index in [0.717, 1.165) is 5.56 Å². The summed E-state index contributed by atoms with van der Waals surface area (Å²) in [4.78, 5) is 24.6. The Bertz CT molecular complexity index is 1280. The van der Waals surface area contributed by atoms with Gasteiger partial charge >= 0.3 is 0 Å². The van der Waals surface area contributed by atoms with Crippen molar-refractivity contribution in [3.8, 4) is 11.4 Å². The van der Waals surface area contributed by atoms with Crippen LogP contribution in [-0.2, 0) is 11.8 Å². The summed E-state index contributed by atoms with van der Waals surface area (Å²) < 4.78 is 1.83. The predicted molar refractivity (Wildman–Crippen MR) is 132 cm³/mol. The van der Waals surface area contributed by atoms with E-state index in [2.05, 4.69) is 20.8 Å². The molecule has 9 heteroatoms. The van der Waals surface area contributed by atoms with Crippen LogP contribution in [0.25, 0.3) is 11.4 Å². The Balaban J connectivity index is 1.37. The first kappa shape index (κ1) is 22.6. The zero-order valence-electron chi connectivity index (χ0n) is 17.7. The van der Waals surface area contributed by atoms with Crippen molar-refractivity contribution in [1.29, 1.82) is 0 Å². The summed E-state index contributed by atoms with van der Waals surface area (Å²) in [7, 11) is 1.84. The van der Waals surface area contributed by atoms with E-state index in [1.165, 1.54) is 11.8 Å². The molecule has 2 amide bonds. The van der Waals surface area contributed by atoms with Crippen molar-refractivity contribution in [2.45, 2.75) is 5.16 Å². The third-order valence-electron chi connectivity index (χ3n) is 4.71. The average Bonchev–Trinajstić information content (AvgIpc) is 3.19. The van der Waals surface area contributed by atoms with Crippen LogP contribution in [0.1, 0.15) is 10.4 Å². The molecule has 1 aromatic heterocycles. The summed E-state index contributed by atoms with van der Waals surface area (Å²) in [6.07, 6.45) is 0. The molecule has 1 heterocycles. The number of carbonyl (C=O) groups is 2. The van der Waals surface area contributed by atoms with Crippen LogP contribution in [0.5, 0.6) is 0 Å². The van der Waals surface area contributed by atoms with Gasteiger partial charge < -0.3 is 15.2 Å². The first-order chi connectivity index (χ1) is 16.0. The number of carbonyl (C=O) groups excluding carboxylic acids is 2. The summed E-state index contributed by atoms with van der Waals surface area (Å²) in [5.74, 6) is 0.513. The third kappa shape index (κ3) is 5.79. The minimum atomic E-state index is -0.170. The fourth-order valence-electron chi connectivity index (χ4n) is 3.08. The number of hydrogen-bond donors (Lipinski definition) is 2. The minimum Gasteiger partial charge on any atom is -0.325 e. The van der Waals surface area contributed by atoms with Gasteiger partial charge in [-0.2, -0.15) is 0 Å². The molecular formula is C24H20ClN5O2S. The molecule has 7 nitrogen and oxygen atoms in total. The van der Waals surface area contributed by atoms with Crippen molar-refractivity contribution in [2.24, 2.45) is 7.05 Å². The number of benzene rings is 3. The van der Waals surface area contributed by atoms with Crippen molar-refractivity contribution in [1.82, 2.24) is 14.8 Å². The highest BCUT2D eigenvalue weighted by Crippen LogP contribution is 2.24. The van der Waals surface area contributed by atoms with Crippen molar-refractivity contribution in [2.75, 3.05) is 16.4 Å². The maximum absolute atomic E-state index is 12.3. The summed E-state index contributed by atoms with van der Waals surface area (Å²) in [6.45, 7) is 0. The molecule has 0 saturated heterocycles. The number of rotatable bonds is 7. The number of anilines is 2. The van der Waals surface area contributed by atoms with E-state index in [-0.39, 0.29) is 17.6 Å². The Morgan fingerprint density at radius 3 is 2.39 bits per heavy atom. The van der Waals surface area contributed by atoms with Crippen LogP contribution in [0.2, 0.25) is 5.02 Å². The fraction of sp³-hybridized carbons (Fsp3) is 0.0833. The molecular weight excluding hydrogens is 458 g/mol. The predicted octanol–water partition coefficient (Wildman–Crippen LogP) is 5.12. The molecule has 2 N–H and O–H groups in total. The third-order valence-corrected chi connectivity index (χ3v) is 5.97. The number of amides is 2. The van der Waals surface area contributed by atoms with Crippen LogP contribution in [0.3, 0.4) is 0 Å². The Hall–Kier alpha value is -3.62. The second-order valence-electron chi connectivity index (χ2n) is 7.11. The van der Waals surface area contributed by atoms with E-state index in [0.29, 0.717) is 32.9 Å². The number of thioether (sulfide) groups is 1. The molecule has 0 atom stereocenters. The molecule has 33 heavy (non-hydrogen) atoms. The summed E-state index contributed by atoms with van der Waals surface area (Å²) in [5, 5.41) is 15.3. The summed E-state index contributed by atoms with van der Waals surface area (Å²) >= 11 is 7.24. The number of aromatic nitrogens is 3. The van der Waals surface area contributed by atoms with Crippen molar-refractivity contribution in [3.05, 3.63) is 89.4 Å². The van der Waals surface area contributed by atoms with Crippen molar-refractivity contribution >= 4 is 46.6 Å². The number of hydrogen-bond acceptors (Lipinski definition) is 5. The largest absolute Gasteiger partial charge is 0.325 e. The molecule has 0 radical (unpaired) electrons. The standard InChI is InChI=1S/C24H20ClN5O2S/c1-30-22(16-10-12-19(13-11-16)27-23(32)17-6-3-2-4-7-17)28-29-24(30)33-15-21(31)26-20-9-5-8-18(25)14-20/h2-14H,15H2,1H3,(H,26,31)(H,27,32). The number of nitrogens with one attached hydrogen (secondary N) is 2. The summed E-state index contributed by atoms with van der Waals surface area (Å²) in [6, 6.07) is 23.4. The normalized spacial score (nSPS) is 10.6. The molecule has 0 aliphatic carbocycles. The Morgan fingerprint density at radius 1 is 0.909 bits per heavy atom. The smallest absolute Gasteiger partial charge is 0.255 e. The van der Waals surface area contributed by atoms with Gasteiger partial charge in [-0.1, -0.05) is 47.6 Å². The van der Waals surface area contributed by atoms with E-state index >= 15 is 0 Å². The highest BCUT2D eigenvalue weighted by atomic mass is 35.5. The molecule has 4 aromatic rings. The van der Waals surface area contributed by atoms with E-state index < -0.39 is 0 Å². The molecule has 0 bridgehead atoms.